The minimum atomic E-state index is -0.927. The Labute approximate surface area is 118 Å². The molecule has 2 heterocycles. The van der Waals surface area contributed by atoms with Crippen molar-refractivity contribution >= 4 is 11.9 Å². The number of nitrogens with zero attached hydrogens (tertiary/aromatic N) is 2. The van der Waals surface area contributed by atoms with Crippen LogP contribution in [0.2, 0.25) is 0 Å². The summed E-state index contributed by atoms with van der Waals surface area (Å²) in [5, 5.41) is 9.36. The summed E-state index contributed by atoms with van der Waals surface area (Å²) in [7, 11) is 0. The minimum absolute atomic E-state index is 0.282. The zero-order valence-electron chi connectivity index (χ0n) is 11.9. The minimum Gasteiger partial charge on any atom is -0.480 e. The molecule has 0 spiro atoms. The van der Waals surface area contributed by atoms with Crippen LogP contribution in [0.4, 0.5) is 0 Å². The highest BCUT2D eigenvalue weighted by molar-refractivity contribution is 5.95. The van der Waals surface area contributed by atoms with Gasteiger partial charge >= 0.3 is 5.97 Å². The first kappa shape index (κ1) is 14.5. The second kappa shape index (κ2) is 6.03. The van der Waals surface area contributed by atoms with Crippen molar-refractivity contribution in [3.8, 4) is 0 Å². The molecule has 0 aromatic carbocycles. The summed E-state index contributed by atoms with van der Waals surface area (Å²) in [6.07, 6.45) is 2.34. The molecular weight excluding hydrogens is 256 g/mol. The van der Waals surface area contributed by atoms with Crippen LogP contribution in [0.3, 0.4) is 0 Å². The van der Waals surface area contributed by atoms with Gasteiger partial charge in [-0.3, -0.25) is 4.79 Å². The number of amides is 1. The average Bonchev–Trinajstić information content (AvgIpc) is 2.45. The molecule has 20 heavy (non-hydrogen) atoms. The fraction of sp³-hybridized carbons (Fsp3) is 0.533. The SMILES string of the molecule is CCC1CCN(C(=O)c2cccc(C)n2)C(C(=O)O)C1. The molecule has 2 rings (SSSR count). The second-order valence-corrected chi connectivity index (χ2v) is 5.32. The van der Waals surface area contributed by atoms with Gasteiger partial charge < -0.3 is 10.0 Å². The molecule has 1 aromatic heterocycles. The first-order chi connectivity index (χ1) is 9.52. The Morgan fingerprint density at radius 2 is 2.20 bits per heavy atom. The van der Waals surface area contributed by atoms with E-state index in [1.807, 2.05) is 13.0 Å². The van der Waals surface area contributed by atoms with Crippen molar-refractivity contribution in [3.05, 3.63) is 29.6 Å². The number of likely N-dealkylation sites (tertiary alicyclic amines) is 1. The van der Waals surface area contributed by atoms with Crippen LogP contribution in [0, 0.1) is 12.8 Å². The number of aliphatic carboxylic acids is 1. The van der Waals surface area contributed by atoms with Crippen molar-refractivity contribution in [3.63, 3.8) is 0 Å². The largest absolute Gasteiger partial charge is 0.480 e. The second-order valence-electron chi connectivity index (χ2n) is 5.32. The van der Waals surface area contributed by atoms with Crippen LogP contribution in [0.5, 0.6) is 0 Å². The van der Waals surface area contributed by atoms with E-state index in [2.05, 4.69) is 11.9 Å². The molecule has 1 aromatic rings. The van der Waals surface area contributed by atoms with Gasteiger partial charge in [0.2, 0.25) is 0 Å². The monoisotopic (exact) mass is 276 g/mol. The van der Waals surface area contributed by atoms with Crippen LogP contribution in [-0.2, 0) is 4.79 Å². The molecule has 1 aliphatic heterocycles. The highest BCUT2D eigenvalue weighted by Crippen LogP contribution is 2.26. The van der Waals surface area contributed by atoms with E-state index in [0.29, 0.717) is 24.6 Å². The molecule has 5 nitrogen and oxygen atoms in total. The van der Waals surface area contributed by atoms with Crippen LogP contribution in [0.15, 0.2) is 18.2 Å². The summed E-state index contributed by atoms with van der Waals surface area (Å²) in [4.78, 5) is 29.5. The smallest absolute Gasteiger partial charge is 0.326 e. The molecule has 1 N–H and O–H groups in total. The molecule has 2 atom stereocenters. The van der Waals surface area contributed by atoms with E-state index in [9.17, 15) is 14.7 Å². The standard InChI is InChI=1S/C15H20N2O3/c1-3-11-7-8-17(13(9-11)15(19)20)14(18)12-6-4-5-10(2)16-12/h4-6,11,13H,3,7-9H2,1-2H3,(H,19,20). The Kier molecular flexibility index (Phi) is 4.37. The lowest BCUT2D eigenvalue weighted by molar-refractivity contribution is -0.144. The van der Waals surface area contributed by atoms with Crippen LogP contribution < -0.4 is 0 Å². The normalized spacial score (nSPS) is 22.6. The molecule has 5 heteroatoms. The van der Waals surface area contributed by atoms with Gasteiger partial charge in [0, 0.05) is 12.2 Å². The fourth-order valence-corrected chi connectivity index (χ4v) is 2.70. The first-order valence-corrected chi connectivity index (χ1v) is 7.00. The van der Waals surface area contributed by atoms with Crippen LogP contribution >= 0.6 is 0 Å². The van der Waals surface area contributed by atoms with Gasteiger partial charge in [0.15, 0.2) is 0 Å². The zero-order chi connectivity index (χ0) is 14.7. The number of aryl methyl sites for hydroxylation is 1. The van der Waals surface area contributed by atoms with Gasteiger partial charge in [-0.15, -0.1) is 0 Å². The van der Waals surface area contributed by atoms with Gasteiger partial charge in [-0.1, -0.05) is 19.4 Å². The van der Waals surface area contributed by atoms with E-state index in [1.54, 1.807) is 12.1 Å². The van der Waals surface area contributed by atoms with Crippen LogP contribution in [0.1, 0.15) is 42.4 Å². The van der Waals surface area contributed by atoms with Crippen molar-refractivity contribution in [1.29, 1.82) is 0 Å². The van der Waals surface area contributed by atoms with E-state index in [-0.39, 0.29) is 5.91 Å². The summed E-state index contributed by atoms with van der Waals surface area (Å²) in [6, 6.07) is 4.49. The summed E-state index contributed by atoms with van der Waals surface area (Å²) in [6.45, 7) is 4.36. The lowest BCUT2D eigenvalue weighted by Gasteiger charge is -2.36. The number of hydrogen-bond donors (Lipinski definition) is 1. The van der Waals surface area contributed by atoms with Crippen LogP contribution in [-0.4, -0.2) is 39.5 Å². The molecule has 0 bridgehead atoms. The Bertz CT molecular complexity index is 516. The van der Waals surface area contributed by atoms with E-state index >= 15 is 0 Å². The Morgan fingerprint density at radius 3 is 2.80 bits per heavy atom. The summed E-state index contributed by atoms with van der Waals surface area (Å²) >= 11 is 0. The molecular formula is C15H20N2O3. The number of aromatic nitrogens is 1. The molecule has 0 aliphatic carbocycles. The molecule has 108 valence electrons. The molecule has 2 unspecified atom stereocenters. The number of carboxylic acids is 1. The van der Waals surface area contributed by atoms with Crippen molar-refractivity contribution in [2.24, 2.45) is 5.92 Å². The first-order valence-electron chi connectivity index (χ1n) is 7.00. The number of rotatable bonds is 3. The summed E-state index contributed by atoms with van der Waals surface area (Å²) < 4.78 is 0. The highest BCUT2D eigenvalue weighted by atomic mass is 16.4. The van der Waals surface area contributed by atoms with Gasteiger partial charge in [-0.25, -0.2) is 9.78 Å². The van der Waals surface area contributed by atoms with E-state index in [0.717, 1.165) is 18.5 Å². The van der Waals surface area contributed by atoms with Crippen LogP contribution in [0.25, 0.3) is 0 Å². The Morgan fingerprint density at radius 1 is 1.45 bits per heavy atom. The number of piperidine rings is 1. The van der Waals surface area contributed by atoms with E-state index in [1.165, 1.54) is 4.90 Å². The number of carbonyl (C=O) groups is 2. The quantitative estimate of drug-likeness (QED) is 0.917. The topological polar surface area (TPSA) is 70.5 Å². The lowest BCUT2D eigenvalue weighted by Crippen LogP contribution is -2.50. The number of carbonyl (C=O) groups excluding carboxylic acids is 1. The highest BCUT2D eigenvalue weighted by Gasteiger charge is 2.36. The van der Waals surface area contributed by atoms with Gasteiger partial charge in [-0.05, 0) is 37.8 Å². The molecule has 1 saturated heterocycles. The van der Waals surface area contributed by atoms with Crippen molar-refractivity contribution in [2.75, 3.05) is 6.54 Å². The van der Waals surface area contributed by atoms with Gasteiger partial charge in [0.25, 0.3) is 5.91 Å². The van der Waals surface area contributed by atoms with Crippen molar-refractivity contribution < 1.29 is 14.7 Å². The van der Waals surface area contributed by atoms with Crippen molar-refractivity contribution in [1.82, 2.24) is 9.88 Å². The fourth-order valence-electron chi connectivity index (χ4n) is 2.70. The summed E-state index contributed by atoms with van der Waals surface area (Å²) in [5.74, 6) is -0.828. The Hall–Kier alpha value is -1.91. The molecule has 0 saturated carbocycles. The van der Waals surface area contributed by atoms with Gasteiger partial charge in [-0.2, -0.15) is 0 Å². The Balaban J connectivity index is 2.21. The van der Waals surface area contributed by atoms with Gasteiger partial charge in [0.05, 0.1) is 0 Å². The third-order valence-electron chi connectivity index (χ3n) is 3.94. The van der Waals surface area contributed by atoms with E-state index < -0.39 is 12.0 Å². The number of carboxylic acid groups (broad SMARTS) is 1. The predicted molar refractivity (Wildman–Crippen MR) is 74.4 cm³/mol. The summed E-state index contributed by atoms with van der Waals surface area (Å²) in [5.41, 5.74) is 1.08. The molecule has 1 amide bonds. The van der Waals surface area contributed by atoms with E-state index in [4.69, 9.17) is 0 Å². The number of pyridine rings is 1. The third-order valence-corrected chi connectivity index (χ3v) is 3.94. The zero-order valence-corrected chi connectivity index (χ0v) is 11.9. The number of hydrogen-bond acceptors (Lipinski definition) is 3. The maximum Gasteiger partial charge on any atom is 0.326 e. The maximum atomic E-state index is 12.5. The van der Waals surface area contributed by atoms with Crippen molar-refractivity contribution in [2.45, 2.75) is 39.2 Å². The lowest BCUT2D eigenvalue weighted by atomic mass is 9.88. The maximum absolute atomic E-state index is 12.5. The predicted octanol–water partition coefficient (Wildman–Crippen LogP) is 2.11. The molecule has 1 fully saturated rings. The molecule has 0 radical (unpaired) electrons. The molecule has 1 aliphatic rings. The third kappa shape index (κ3) is 2.98. The van der Waals surface area contributed by atoms with Gasteiger partial charge in [0.1, 0.15) is 11.7 Å². The average molecular weight is 276 g/mol.